The summed E-state index contributed by atoms with van der Waals surface area (Å²) < 4.78 is 7.14. The van der Waals surface area contributed by atoms with E-state index in [-0.39, 0.29) is 17.8 Å². The van der Waals surface area contributed by atoms with E-state index in [2.05, 4.69) is 26.3 Å². The monoisotopic (exact) mass is 488 g/mol. The van der Waals surface area contributed by atoms with Crippen molar-refractivity contribution in [1.82, 2.24) is 25.2 Å². The zero-order valence-electron chi connectivity index (χ0n) is 19.8. The van der Waals surface area contributed by atoms with Crippen molar-refractivity contribution in [3.05, 3.63) is 64.8 Å². The van der Waals surface area contributed by atoms with Crippen molar-refractivity contribution in [2.75, 3.05) is 39.5 Å². The number of aromatic nitrogens is 3. The Labute approximate surface area is 208 Å². The van der Waals surface area contributed by atoms with Gasteiger partial charge in [-0.05, 0) is 75.4 Å². The number of carbonyl (C=O) groups excluding carboxylic acids is 1. The predicted molar refractivity (Wildman–Crippen MR) is 139 cm³/mol. The molecule has 3 N–H and O–H groups in total. The van der Waals surface area contributed by atoms with Crippen LogP contribution < -0.4 is 15.8 Å². The molecule has 0 saturated carbocycles. The number of benzene rings is 2. The third-order valence-electron chi connectivity index (χ3n) is 6.02. The lowest BCUT2D eigenvalue weighted by Crippen LogP contribution is -2.27. The van der Waals surface area contributed by atoms with Gasteiger partial charge in [0.25, 0.3) is 5.91 Å². The Morgan fingerprint density at radius 2 is 2.09 bits per heavy atom. The molecule has 2 aromatic heterocycles. The highest BCUT2D eigenvalue weighted by atomic mass is 32.1. The van der Waals surface area contributed by atoms with Crippen molar-refractivity contribution in [1.29, 1.82) is 0 Å². The molecule has 1 amide bonds. The summed E-state index contributed by atoms with van der Waals surface area (Å²) in [5.74, 6) is 1.19. The molecule has 5 rings (SSSR count). The molecule has 1 aliphatic rings. The number of amides is 1. The van der Waals surface area contributed by atoms with Crippen molar-refractivity contribution in [2.45, 2.75) is 18.8 Å². The van der Waals surface area contributed by atoms with Gasteiger partial charge in [-0.3, -0.25) is 4.79 Å². The maximum absolute atomic E-state index is 12.6. The van der Waals surface area contributed by atoms with E-state index in [4.69, 9.17) is 15.5 Å². The highest BCUT2D eigenvalue weighted by Gasteiger charge is 2.25. The molecule has 1 unspecified atom stereocenters. The first kappa shape index (κ1) is 23.2. The number of nitrogens with two attached hydrogens (primary N) is 1. The van der Waals surface area contributed by atoms with E-state index >= 15 is 0 Å². The van der Waals surface area contributed by atoms with Gasteiger partial charge in [0.15, 0.2) is 0 Å². The Hall–Kier alpha value is -3.56. The van der Waals surface area contributed by atoms with Gasteiger partial charge in [0.1, 0.15) is 10.8 Å². The molecule has 8 nitrogen and oxygen atoms in total. The van der Waals surface area contributed by atoms with Crippen LogP contribution in [0.5, 0.6) is 5.75 Å². The molecule has 180 valence electrons. The number of fused-ring (bicyclic) bond motifs is 2. The number of rotatable bonds is 7. The molecule has 0 saturated heterocycles. The second kappa shape index (κ2) is 9.97. The van der Waals surface area contributed by atoms with Crippen LogP contribution >= 0.6 is 11.3 Å². The van der Waals surface area contributed by atoms with Crippen LogP contribution in [0.4, 0.5) is 5.95 Å². The fraction of sp³-hybridized carbons (Fsp3) is 0.308. The molecular weight excluding hydrogens is 460 g/mol. The first-order valence-electron chi connectivity index (χ1n) is 11.6. The lowest BCUT2D eigenvalue weighted by atomic mass is 9.95. The largest absolute Gasteiger partial charge is 0.493 e. The second-order valence-electron chi connectivity index (χ2n) is 8.98. The molecule has 9 heteroatoms. The third-order valence-corrected chi connectivity index (χ3v) is 7.20. The summed E-state index contributed by atoms with van der Waals surface area (Å²) in [7, 11) is 4.06. The Morgan fingerprint density at radius 1 is 1.20 bits per heavy atom. The van der Waals surface area contributed by atoms with Crippen LogP contribution in [0.15, 0.2) is 48.7 Å². The summed E-state index contributed by atoms with van der Waals surface area (Å²) in [5, 5.41) is 4.04. The number of anilines is 1. The fourth-order valence-corrected chi connectivity index (χ4v) is 5.30. The number of nitrogens with one attached hydrogen (secondary N) is 1. The minimum Gasteiger partial charge on any atom is -0.493 e. The van der Waals surface area contributed by atoms with Crippen LogP contribution in [-0.4, -0.2) is 59.6 Å². The average Bonchev–Trinajstić information content (AvgIpc) is 3.29. The zero-order valence-corrected chi connectivity index (χ0v) is 20.6. The van der Waals surface area contributed by atoms with E-state index < -0.39 is 0 Å². The minimum absolute atomic E-state index is 0.0495. The van der Waals surface area contributed by atoms with E-state index in [1.807, 2.05) is 50.5 Å². The highest BCUT2D eigenvalue weighted by Crippen LogP contribution is 2.37. The van der Waals surface area contributed by atoms with Crippen LogP contribution in [0, 0.1) is 0 Å². The summed E-state index contributed by atoms with van der Waals surface area (Å²) in [6, 6.07) is 13.6. The van der Waals surface area contributed by atoms with Gasteiger partial charge < -0.3 is 20.7 Å². The first-order chi connectivity index (χ1) is 17.0. The van der Waals surface area contributed by atoms with Crippen molar-refractivity contribution < 1.29 is 9.53 Å². The number of carbonyl (C=O) groups is 1. The maximum Gasteiger partial charge on any atom is 0.251 e. The Bertz CT molecular complexity index is 1370. The Balaban J connectivity index is 1.31. The van der Waals surface area contributed by atoms with Gasteiger partial charge in [-0.2, -0.15) is 0 Å². The molecule has 4 aromatic rings. The summed E-state index contributed by atoms with van der Waals surface area (Å²) in [6.45, 7) is 2.16. The van der Waals surface area contributed by atoms with Crippen LogP contribution in [-0.2, 0) is 6.42 Å². The Morgan fingerprint density at radius 3 is 2.91 bits per heavy atom. The average molecular weight is 489 g/mol. The fourth-order valence-electron chi connectivity index (χ4n) is 4.20. The predicted octanol–water partition coefficient (Wildman–Crippen LogP) is 3.74. The van der Waals surface area contributed by atoms with Gasteiger partial charge in [0.05, 0.1) is 22.5 Å². The van der Waals surface area contributed by atoms with Gasteiger partial charge in [0, 0.05) is 29.8 Å². The minimum atomic E-state index is -0.0495. The van der Waals surface area contributed by atoms with Crippen molar-refractivity contribution >= 4 is 33.4 Å². The van der Waals surface area contributed by atoms with E-state index in [0.29, 0.717) is 18.7 Å². The molecule has 2 aromatic carbocycles. The molecule has 0 radical (unpaired) electrons. The van der Waals surface area contributed by atoms with Crippen LogP contribution in [0.2, 0.25) is 0 Å². The van der Waals surface area contributed by atoms with E-state index in [1.165, 1.54) is 0 Å². The van der Waals surface area contributed by atoms with E-state index in [9.17, 15) is 4.79 Å². The van der Waals surface area contributed by atoms with Gasteiger partial charge in [-0.1, -0.05) is 6.07 Å². The molecule has 0 spiro atoms. The first-order valence-corrected chi connectivity index (χ1v) is 12.5. The van der Waals surface area contributed by atoms with Gasteiger partial charge in [-0.25, -0.2) is 15.0 Å². The lowest BCUT2D eigenvalue weighted by molar-refractivity contribution is 0.0952. The van der Waals surface area contributed by atoms with Crippen molar-refractivity contribution in [3.8, 4) is 17.0 Å². The lowest BCUT2D eigenvalue weighted by Gasteiger charge is -2.24. The number of hydrogen-bond donors (Lipinski definition) is 2. The smallest absolute Gasteiger partial charge is 0.251 e. The molecule has 0 fully saturated rings. The van der Waals surface area contributed by atoms with E-state index in [0.717, 1.165) is 57.2 Å². The molecule has 0 bridgehead atoms. The number of ether oxygens (including phenoxy) is 1. The number of nitrogen functional groups attached to an aromatic ring is 1. The number of nitrogens with zero attached hydrogens (tertiary/aromatic N) is 4. The van der Waals surface area contributed by atoms with Crippen LogP contribution in [0.1, 0.15) is 33.3 Å². The van der Waals surface area contributed by atoms with Crippen molar-refractivity contribution in [3.63, 3.8) is 0 Å². The molecule has 1 aliphatic heterocycles. The van der Waals surface area contributed by atoms with Crippen LogP contribution in [0.25, 0.3) is 21.5 Å². The highest BCUT2D eigenvalue weighted by molar-refractivity contribution is 7.18. The second-order valence-corrected chi connectivity index (χ2v) is 10.0. The van der Waals surface area contributed by atoms with E-state index in [1.54, 1.807) is 17.5 Å². The SMILES string of the molecule is CN(C)CCCNC(=O)c1ccc2c(c1)CC(c1nc3ccc(-c4ccnc(N)n4)cc3s1)CO2. The number of hydrogen-bond acceptors (Lipinski definition) is 8. The quantitative estimate of drug-likeness (QED) is 0.382. The van der Waals surface area contributed by atoms with Gasteiger partial charge in [-0.15, -0.1) is 11.3 Å². The topological polar surface area (TPSA) is 106 Å². The summed E-state index contributed by atoms with van der Waals surface area (Å²) in [4.78, 5) is 27.9. The summed E-state index contributed by atoms with van der Waals surface area (Å²) >= 11 is 1.67. The van der Waals surface area contributed by atoms with Gasteiger partial charge >= 0.3 is 0 Å². The standard InChI is InChI=1S/C26H28N6O2S/c1-32(2)11-3-9-28-24(33)17-5-7-22-18(12-17)13-19(15-34-22)25-30-21-6-4-16(14-23(21)35-25)20-8-10-29-26(27)31-20/h4-8,10,12,14,19H,3,9,11,13,15H2,1-2H3,(H,28,33)(H2,27,29,31). The molecular formula is C26H28N6O2S. The molecule has 3 heterocycles. The molecule has 1 atom stereocenters. The van der Waals surface area contributed by atoms with Crippen molar-refractivity contribution in [2.24, 2.45) is 0 Å². The van der Waals surface area contributed by atoms with Crippen LogP contribution in [0.3, 0.4) is 0 Å². The molecule has 0 aliphatic carbocycles. The molecule has 35 heavy (non-hydrogen) atoms. The maximum atomic E-state index is 12.6. The van der Waals surface area contributed by atoms with Gasteiger partial charge in [0.2, 0.25) is 5.95 Å². The normalized spacial score (nSPS) is 15.1. The summed E-state index contributed by atoms with van der Waals surface area (Å²) in [6.07, 6.45) is 3.36. The summed E-state index contributed by atoms with van der Waals surface area (Å²) in [5.41, 5.74) is 10.2. The Kier molecular flexibility index (Phi) is 6.61. The third kappa shape index (κ3) is 5.26. The zero-order chi connectivity index (χ0) is 24.4. The number of thiazole rings is 1.